The SMILES string of the molecule is CCN(Cc1ccc(Cl)s1)C(=O)C(C)c1cccc(N)c1. The molecule has 0 radical (unpaired) electrons. The van der Waals surface area contributed by atoms with Crippen LogP contribution in [0.5, 0.6) is 0 Å². The first-order valence-electron chi connectivity index (χ1n) is 6.89. The highest BCUT2D eigenvalue weighted by atomic mass is 35.5. The molecule has 0 bridgehead atoms. The van der Waals surface area contributed by atoms with Crippen LogP contribution in [0.15, 0.2) is 36.4 Å². The smallest absolute Gasteiger partial charge is 0.230 e. The van der Waals surface area contributed by atoms with Gasteiger partial charge in [0.25, 0.3) is 0 Å². The lowest BCUT2D eigenvalue weighted by molar-refractivity contribution is -0.132. The topological polar surface area (TPSA) is 46.3 Å². The number of carbonyl (C=O) groups is 1. The molecule has 5 heteroatoms. The molecule has 1 amide bonds. The van der Waals surface area contributed by atoms with E-state index >= 15 is 0 Å². The van der Waals surface area contributed by atoms with E-state index in [4.69, 9.17) is 17.3 Å². The Labute approximate surface area is 134 Å². The van der Waals surface area contributed by atoms with Crippen LogP contribution in [0, 0.1) is 0 Å². The molecule has 1 aromatic heterocycles. The number of thiophene rings is 1. The molecule has 0 fully saturated rings. The number of nitrogens with two attached hydrogens (primary N) is 1. The summed E-state index contributed by atoms with van der Waals surface area (Å²) in [6, 6.07) is 11.3. The standard InChI is InChI=1S/C16H19ClN2OS/c1-3-19(10-14-7-8-15(17)21-14)16(20)11(2)12-5-4-6-13(18)9-12/h4-9,11H,3,10,18H2,1-2H3. The van der Waals surface area contributed by atoms with E-state index in [0.29, 0.717) is 18.8 Å². The number of nitrogens with zero attached hydrogens (tertiary/aromatic N) is 1. The summed E-state index contributed by atoms with van der Waals surface area (Å²) in [4.78, 5) is 15.6. The number of nitrogen functional groups attached to an aromatic ring is 1. The summed E-state index contributed by atoms with van der Waals surface area (Å²) in [5.74, 6) is -0.100. The fraction of sp³-hybridized carbons (Fsp3) is 0.312. The van der Waals surface area contributed by atoms with E-state index in [2.05, 4.69) is 0 Å². The molecular formula is C16H19ClN2OS. The lowest BCUT2D eigenvalue weighted by atomic mass is 9.99. The third-order valence-electron chi connectivity index (χ3n) is 3.45. The van der Waals surface area contributed by atoms with Gasteiger partial charge < -0.3 is 10.6 Å². The predicted octanol–water partition coefficient (Wildman–Crippen LogP) is 4.14. The predicted molar refractivity (Wildman–Crippen MR) is 89.7 cm³/mol. The van der Waals surface area contributed by atoms with Crippen LogP contribution in [-0.4, -0.2) is 17.4 Å². The zero-order valence-electron chi connectivity index (χ0n) is 12.2. The fourth-order valence-corrected chi connectivity index (χ4v) is 3.32. The summed E-state index contributed by atoms with van der Waals surface area (Å²) < 4.78 is 0.748. The van der Waals surface area contributed by atoms with Gasteiger partial charge >= 0.3 is 0 Å². The molecule has 112 valence electrons. The summed E-state index contributed by atoms with van der Waals surface area (Å²) in [5, 5.41) is 0. The second-order valence-electron chi connectivity index (χ2n) is 4.95. The first-order chi connectivity index (χ1) is 10.0. The molecule has 0 saturated heterocycles. The molecule has 1 heterocycles. The van der Waals surface area contributed by atoms with Crippen molar-refractivity contribution >= 4 is 34.5 Å². The number of halogens is 1. The van der Waals surface area contributed by atoms with Crippen LogP contribution in [-0.2, 0) is 11.3 Å². The molecule has 1 unspecified atom stereocenters. The number of benzene rings is 1. The molecule has 0 aliphatic heterocycles. The van der Waals surface area contributed by atoms with Gasteiger partial charge in [0.05, 0.1) is 16.8 Å². The number of likely N-dealkylation sites (N-methyl/N-ethyl adjacent to an activating group) is 1. The molecule has 21 heavy (non-hydrogen) atoms. The van der Waals surface area contributed by atoms with Crippen LogP contribution in [0.2, 0.25) is 4.34 Å². The average molecular weight is 323 g/mol. The van der Waals surface area contributed by atoms with Crippen LogP contribution in [0.25, 0.3) is 0 Å². The number of hydrogen-bond acceptors (Lipinski definition) is 3. The van der Waals surface area contributed by atoms with Gasteiger partial charge in [-0.25, -0.2) is 0 Å². The highest BCUT2D eigenvalue weighted by Crippen LogP contribution is 2.25. The molecule has 1 atom stereocenters. The van der Waals surface area contributed by atoms with Crippen molar-refractivity contribution in [1.29, 1.82) is 0 Å². The Balaban J connectivity index is 2.12. The largest absolute Gasteiger partial charge is 0.399 e. The molecule has 0 aliphatic carbocycles. The summed E-state index contributed by atoms with van der Waals surface area (Å²) in [5.41, 5.74) is 7.42. The van der Waals surface area contributed by atoms with Gasteiger partial charge in [0.15, 0.2) is 0 Å². The lowest BCUT2D eigenvalue weighted by Crippen LogP contribution is -2.33. The minimum Gasteiger partial charge on any atom is -0.399 e. The Hall–Kier alpha value is -1.52. The molecule has 3 nitrogen and oxygen atoms in total. The van der Waals surface area contributed by atoms with Crippen molar-refractivity contribution in [3.8, 4) is 0 Å². The molecule has 0 aliphatic rings. The first kappa shape index (κ1) is 15.9. The Morgan fingerprint density at radius 2 is 2.14 bits per heavy atom. The van der Waals surface area contributed by atoms with Crippen molar-refractivity contribution in [2.75, 3.05) is 12.3 Å². The summed E-state index contributed by atoms with van der Waals surface area (Å²) in [6.45, 7) is 5.17. The first-order valence-corrected chi connectivity index (χ1v) is 8.09. The maximum Gasteiger partial charge on any atom is 0.230 e. The van der Waals surface area contributed by atoms with Crippen molar-refractivity contribution in [2.24, 2.45) is 0 Å². The van der Waals surface area contributed by atoms with Crippen molar-refractivity contribution in [3.05, 3.63) is 51.2 Å². The number of carbonyl (C=O) groups excluding carboxylic acids is 1. The maximum atomic E-state index is 12.7. The number of hydrogen-bond donors (Lipinski definition) is 1. The summed E-state index contributed by atoms with van der Waals surface area (Å²) in [6.07, 6.45) is 0. The maximum absolute atomic E-state index is 12.7. The van der Waals surface area contributed by atoms with Crippen molar-refractivity contribution < 1.29 is 4.79 Å². The zero-order chi connectivity index (χ0) is 15.4. The number of rotatable bonds is 5. The van der Waals surface area contributed by atoms with Crippen molar-refractivity contribution in [1.82, 2.24) is 4.90 Å². The van der Waals surface area contributed by atoms with Gasteiger partial charge in [0, 0.05) is 17.1 Å². The summed E-state index contributed by atoms with van der Waals surface area (Å²) in [7, 11) is 0. The minimum atomic E-state index is -0.205. The van der Waals surface area contributed by atoms with E-state index < -0.39 is 0 Å². The lowest BCUT2D eigenvalue weighted by Gasteiger charge is -2.24. The van der Waals surface area contributed by atoms with Crippen LogP contribution in [0.1, 0.15) is 30.2 Å². The molecule has 2 N–H and O–H groups in total. The van der Waals surface area contributed by atoms with E-state index in [1.54, 1.807) is 0 Å². The van der Waals surface area contributed by atoms with E-state index in [1.165, 1.54) is 11.3 Å². The monoisotopic (exact) mass is 322 g/mol. The Morgan fingerprint density at radius 1 is 1.38 bits per heavy atom. The number of anilines is 1. The third kappa shape index (κ3) is 3.99. The number of amides is 1. The molecule has 2 aromatic rings. The van der Waals surface area contributed by atoms with Crippen LogP contribution in [0.3, 0.4) is 0 Å². The molecule has 1 aromatic carbocycles. The minimum absolute atomic E-state index is 0.104. The van der Waals surface area contributed by atoms with E-state index in [-0.39, 0.29) is 11.8 Å². The molecule has 2 rings (SSSR count). The van der Waals surface area contributed by atoms with Crippen molar-refractivity contribution in [2.45, 2.75) is 26.3 Å². The van der Waals surface area contributed by atoms with Crippen LogP contribution >= 0.6 is 22.9 Å². The van der Waals surface area contributed by atoms with Gasteiger partial charge in [-0.15, -0.1) is 11.3 Å². The Morgan fingerprint density at radius 3 is 2.71 bits per heavy atom. The van der Waals surface area contributed by atoms with Crippen molar-refractivity contribution in [3.63, 3.8) is 0 Å². The highest BCUT2D eigenvalue weighted by Gasteiger charge is 2.21. The Bertz CT molecular complexity index is 626. The van der Waals surface area contributed by atoms with E-state index in [9.17, 15) is 4.79 Å². The Kier molecular flexibility index (Phi) is 5.26. The van der Waals surface area contributed by atoms with Gasteiger partial charge in [-0.1, -0.05) is 23.7 Å². The highest BCUT2D eigenvalue weighted by molar-refractivity contribution is 7.16. The van der Waals surface area contributed by atoms with Gasteiger partial charge in [0.1, 0.15) is 0 Å². The van der Waals surface area contributed by atoms with E-state index in [0.717, 1.165) is 14.8 Å². The summed E-state index contributed by atoms with van der Waals surface area (Å²) >= 11 is 7.45. The second-order valence-corrected chi connectivity index (χ2v) is 6.75. The fourth-order valence-electron chi connectivity index (χ4n) is 2.22. The normalized spacial score (nSPS) is 12.1. The average Bonchev–Trinajstić information content (AvgIpc) is 2.88. The zero-order valence-corrected chi connectivity index (χ0v) is 13.7. The third-order valence-corrected chi connectivity index (χ3v) is 4.67. The van der Waals surface area contributed by atoms with Crippen LogP contribution in [0.4, 0.5) is 5.69 Å². The van der Waals surface area contributed by atoms with Gasteiger partial charge in [-0.05, 0) is 43.7 Å². The second kappa shape index (κ2) is 6.96. The quantitative estimate of drug-likeness (QED) is 0.841. The molecule has 0 spiro atoms. The molecular weight excluding hydrogens is 304 g/mol. The van der Waals surface area contributed by atoms with Gasteiger partial charge in [0.2, 0.25) is 5.91 Å². The molecule has 0 saturated carbocycles. The van der Waals surface area contributed by atoms with Gasteiger partial charge in [-0.3, -0.25) is 4.79 Å². The van der Waals surface area contributed by atoms with E-state index in [1.807, 2.05) is 55.1 Å². The van der Waals surface area contributed by atoms with Crippen LogP contribution < -0.4 is 5.73 Å². The van der Waals surface area contributed by atoms with Gasteiger partial charge in [-0.2, -0.15) is 0 Å².